The number of hydrogen-bond acceptors (Lipinski definition) is 3. The molecule has 3 heteroatoms. The Hall–Kier alpha value is -1.12. The smallest absolute Gasteiger partial charge is 0.182 e. The molecule has 1 fully saturated rings. The highest BCUT2D eigenvalue weighted by Gasteiger charge is 2.20. The molecule has 0 spiro atoms. The summed E-state index contributed by atoms with van der Waals surface area (Å²) in [4.78, 5) is 17.2. The highest BCUT2D eigenvalue weighted by atomic mass is 16.1. The number of Topliss-reactive ketones (excluding diaryl/α,β-unsaturated/α-hetero) is 1. The van der Waals surface area contributed by atoms with Gasteiger partial charge in [-0.15, -0.1) is 0 Å². The number of nitrogens with zero attached hydrogens (tertiary/aromatic N) is 2. The van der Waals surface area contributed by atoms with Gasteiger partial charge in [0, 0.05) is 25.7 Å². The molecule has 78 valence electrons. The summed E-state index contributed by atoms with van der Waals surface area (Å²) in [6.07, 6.45) is 6.04. The highest BCUT2D eigenvalue weighted by molar-refractivity contribution is 5.95. The van der Waals surface area contributed by atoms with Gasteiger partial charge in [0.05, 0.1) is 0 Å². The van der Waals surface area contributed by atoms with Gasteiger partial charge in [0.25, 0.3) is 0 Å². The second kappa shape index (κ2) is 4.94. The SMILES string of the molecule is C=N/C(=C\N(C)C1CCC1)C(=O)CC. The average molecular weight is 194 g/mol. The Morgan fingerprint density at radius 3 is 2.64 bits per heavy atom. The van der Waals surface area contributed by atoms with Crippen LogP contribution in [0.1, 0.15) is 32.6 Å². The molecule has 0 aliphatic heterocycles. The van der Waals surface area contributed by atoms with Crippen molar-refractivity contribution in [1.82, 2.24) is 4.90 Å². The van der Waals surface area contributed by atoms with Gasteiger partial charge in [-0.1, -0.05) is 6.92 Å². The van der Waals surface area contributed by atoms with E-state index in [0.29, 0.717) is 18.2 Å². The molecule has 1 saturated carbocycles. The van der Waals surface area contributed by atoms with Gasteiger partial charge in [-0.3, -0.25) is 9.79 Å². The van der Waals surface area contributed by atoms with E-state index >= 15 is 0 Å². The lowest BCUT2D eigenvalue weighted by atomic mass is 9.92. The summed E-state index contributed by atoms with van der Waals surface area (Å²) in [5.74, 6) is 0.0613. The van der Waals surface area contributed by atoms with Crippen LogP contribution in [0.2, 0.25) is 0 Å². The zero-order valence-electron chi connectivity index (χ0n) is 8.99. The number of rotatable bonds is 5. The first-order valence-electron chi connectivity index (χ1n) is 5.12. The fourth-order valence-corrected chi connectivity index (χ4v) is 1.47. The minimum absolute atomic E-state index is 0.0613. The van der Waals surface area contributed by atoms with Crippen LogP contribution in [0.4, 0.5) is 0 Å². The monoisotopic (exact) mass is 194 g/mol. The van der Waals surface area contributed by atoms with E-state index in [2.05, 4.69) is 16.6 Å². The van der Waals surface area contributed by atoms with Gasteiger partial charge in [-0.05, 0) is 26.0 Å². The molecule has 0 heterocycles. The molecular weight excluding hydrogens is 176 g/mol. The molecule has 1 aliphatic carbocycles. The van der Waals surface area contributed by atoms with E-state index in [0.717, 1.165) is 0 Å². The predicted octanol–water partition coefficient (Wildman–Crippen LogP) is 1.99. The highest BCUT2D eigenvalue weighted by Crippen LogP contribution is 2.24. The zero-order valence-corrected chi connectivity index (χ0v) is 8.99. The second-order valence-corrected chi connectivity index (χ2v) is 3.70. The molecule has 3 nitrogen and oxygen atoms in total. The summed E-state index contributed by atoms with van der Waals surface area (Å²) in [5.41, 5.74) is 0.488. The maximum Gasteiger partial charge on any atom is 0.182 e. The molecule has 0 aromatic carbocycles. The Labute approximate surface area is 85.5 Å². The normalized spacial score (nSPS) is 17.4. The number of carbonyl (C=O) groups excluding carboxylic acids is 1. The molecule has 0 amide bonds. The molecule has 1 aliphatic rings. The van der Waals surface area contributed by atoms with Crippen LogP contribution < -0.4 is 0 Å². The van der Waals surface area contributed by atoms with Gasteiger partial charge in [-0.2, -0.15) is 0 Å². The Balaban J connectivity index is 2.61. The fourth-order valence-electron chi connectivity index (χ4n) is 1.47. The molecule has 0 radical (unpaired) electrons. The fraction of sp³-hybridized carbons (Fsp3) is 0.636. The maximum absolute atomic E-state index is 11.4. The summed E-state index contributed by atoms with van der Waals surface area (Å²) in [6, 6.07) is 0.594. The topological polar surface area (TPSA) is 32.7 Å². The van der Waals surface area contributed by atoms with Gasteiger partial charge in [0.2, 0.25) is 0 Å². The van der Waals surface area contributed by atoms with Crippen LogP contribution in [0.15, 0.2) is 16.9 Å². The van der Waals surface area contributed by atoms with Crippen LogP contribution in [-0.2, 0) is 4.79 Å². The Morgan fingerprint density at radius 1 is 1.64 bits per heavy atom. The van der Waals surface area contributed by atoms with E-state index in [1.54, 1.807) is 0 Å². The number of aliphatic imine (C=N–C) groups is 1. The van der Waals surface area contributed by atoms with Crippen LogP contribution in [0.3, 0.4) is 0 Å². The van der Waals surface area contributed by atoms with Crippen molar-refractivity contribution >= 4 is 12.5 Å². The largest absolute Gasteiger partial charge is 0.376 e. The first-order valence-corrected chi connectivity index (χ1v) is 5.12. The van der Waals surface area contributed by atoms with E-state index in [9.17, 15) is 4.79 Å². The molecule has 14 heavy (non-hydrogen) atoms. The molecule has 0 saturated heterocycles. The summed E-state index contributed by atoms with van der Waals surface area (Å²) in [5, 5.41) is 0. The van der Waals surface area contributed by atoms with Crippen molar-refractivity contribution in [2.24, 2.45) is 4.99 Å². The van der Waals surface area contributed by atoms with Gasteiger partial charge >= 0.3 is 0 Å². The molecule has 0 unspecified atom stereocenters. The molecule has 0 aromatic rings. The Kier molecular flexibility index (Phi) is 3.86. The summed E-state index contributed by atoms with van der Waals surface area (Å²) in [7, 11) is 2.00. The van der Waals surface area contributed by atoms with Crippen molar-refractivity contribution in [3.05, 3.63) is 11.9 Å². The molecule has 1 rings (SSSR count). The Bertz CT molecular complexity index is 254. The van der Waals surface area contributed by atoms with Crippen molar-refractivity contribution in [2.45, 2.75) is 38.6 Å². The molecule has 0 bridgehead atoms. The number of ketones is 1. The van der Waals surface area contributed by atoms with E-state index in [1.165, 1.54) is 19.3 Å². The Morgan fingerprint density at radius 2 is 2.29 bits per heavy atom. The van der Waals surface area contributed by atoms with Crippen LogP contribution >= 0.6 is 0 Å². The lowest BCUT2D eigenvalue weighted by Crippen LogP contribution is -2.33. The van der Waals surface area contributed by atoms with Crippen LogP contribution in [0.5, 0.6) is 0 Å². The van der Waals surface area contributed by atoms with Crippen molar-refractivity contribution < 1.29 is 4.79 Å². The first kappa shape index (κ1) is 11.0. The maximum atomic E-state index is 11.4. The zero-order chi connectivity index (χ0) is 10.6. The third-order valence-electron chi connectivity index (χ3n) is 2.75. The molecule has 0 atom stereocenters. The van der Waals surface area contributed by atoms with Crippen LogP contribution in [-0.4, -0.2) is 30.5 Å². The number of hydrogen-bond donors (Lipinski definition) is 0. The number of carbonyl (C=O) groups is 1. The minimum Gasteiger partial charge on any atom is -0.376 e. The third-order valence-corrected chi connectivity index (χ3v) is 2.75. The van der Waals surface area contributed by atoms with E-state index in [4.69, 9.17) is 0 Å². The summed E-state index contributed by atoms with van der Waals surface area (Å²) in [6.45, 7) is 5.26. The van der Waals surface area contributed by atoms with Gasteiger partial charge in [0.1, 0.15) is 5.70 Å². The van der Waals surface area contributed by atoms with Crippen LogP contribution in [0.25, 0.3) is 0 Å². The lowest BCUT2D eigenvalue weighted by Gasteiger charge is -2.34. The van der Waals surface area contributed by atoms with Crippen molar-refractivity contribution in [1.29, 1.82) is 0 Å². The third kappa shape index (κ3) is 2.44. The predicted molar refractivity (Wildman–Crippen MR) is 58.3 cm³/mol. The van der Waals surface area contributed by atoms with E-state index in [1.807, 2.05) is 20.2 Å². The van der Waals surface area contributed by atoms with Crippen molar-refractivity contribution in [2.75, 3.05) is 7.05 Å². The lowest BCUT2D eigenvalue weighted by molar-refractivity contribution is -0.115. The minimum atomic E-state index is 0.0613. The first-order chi connectivity index (χ1) is 6.69. The summed E-state index contributed by atoms with van der Waals surface area (Å²) >= 11 is 0. The quantitative estimate of drug-likeness (QED) is 0.495. The molecular formula is C11H18N2O. The van der Waals surface area contributed by atoms with E-state index < -0.39 is 0 Å². The van der Waals surface area contributed by atoms with Gasteiger partial charge < -0.3 is 4.90 Å². The number of allylic oxidation sites excluding steroid dienone is 1. The second-order valence-electron chi connectivity index (χ2n) is 3.70. The van der Waals surface area contributed by atoms with Gasteiger partial charge in [-0.25, -0.2) is 0 Å². The van der Waals surface area contributed by atoms with Crippen molar-refractivity contribution in [3.63, 3.8) is 0 Å². The standard InChI is InChI=1S/C11H18N2O/c1-4-11(14)10(12-2)8-13(3)9-6-5-7-9/h8-9H,2,4-7H2,1,3H3/b10-8-. The van der Waals surface area contributed by atoms with Crippen molar-refractivity contribution in [3.8, 4) is 0 Å². The average Bonchev–Trinajstić information content (AvgIpc) is 2.10. The molecule has 0 aromatic heterocycles. The molecule has 0 N–H and O–H groups in total. The van der Waals surface area contributed by atoms with Crippen LogP contribution in [0, 0.1) is 0 Å². The van der Waals surface area contributed by atoms with Gasteiger partial charge in [0.15, 0.2) is 5.78 Å². The summed E-state index contributed by atoms with van der Waals surface area (Å²) < 4.78 is 0. The van der Waals surface area contributed by atoms with E-state index in [-0.39, 0.29) is 5.78 Å².